The van der Waals surface area contributed by atoms with Crippen LogP contribution < -0.4 is 15.9 Å². The number of benzene rings is 1. The molecule has 0 spiro atoms. The van der Waals surface area contributed by atoms with Crippen LogP contribution in [0.15, 0.2) is 18.2 Å². The third kappa shape index (κ3) is 3.19. The van der Waals surface area contributed by atoms with Gasteiger partial charge in [-0.25, -0.2) is 0 Å². The molecular weight excluding hydrogens is 265 g/mol. The molecule has 5 heteroatoms. The summed E-state index contributed by atoms with van der Waals surface area (Å²) in [5.41, 5.74) is 6.79. The van der Waals surface area contributed by atoms with Crippen LogP contribution in [0.4, 0.5) is 5.69 Å². The van der Waals surface area contributed by atoms with Crippen LogP contribution >= 0.6 is 0 Å². The normalized spacial score (nSPS) is 20.0. The Hall–Kier alpha value is -1.20. The summed E-state index contributed by atoms with van der Waals surface area (Å²) < 4.78 is 18.1. The van der Waals surface area contributed by atoms with Gasteiger partial charge in [0, 0.05) is 5.46 Å². The van der Waals surface area contributed by atoms with Gasteiger partial charge in [0.1, 0.15) is 5.75 Å². The zero-order valence-corrected chi connectivity index (χ0v) is 13.9. The predicted molar refractivity (Wildman–Crippen MR) is 86.9 cm³/mol. The number of hydrogen-bond acceptors (Lipinski definition) is 4. The van der Waals surface area contributed by atoms with E-state index in [0.29, 0.717) is 24.0 Å². The SMILES string of the molecule is CC(C)COc1c(N)cccc1B1OC(C)(C)C(C)(C)O1. The summed E-state index contributed by atoms with van der Waals surface area (Å²) in [6.07, 6.45) is 0. The maximum atomic E-state index is 6.09. The summed E-state index contributed by atoms with van der Waals surface area (Å²) in [5, 5.41) is 0. The molecule has 21 heavy (non-hydrogen) atoms. The number of hydrogen-bond donors (Lipinski definition) is 1. The number of anilines is 1. The highest BCUT2D eigenvalue weighted by molar-refractivity contribution is 6.63. The van der Waals surface area contributed by atoms with Gasteiger partial charge in [0.05, 0.1) is 23.5 Å². The van der Waals surface area contributed by atoms with Crippen molar-refractivity contribution in [2.75, 3.05) is 12.3 Å². The van der Waals surface area contributed by atoms with Gasteiger partial charge >= 0.3 is 7.12 Å². The molecule has 1 heterocycles. The van der Waals surface area contributed by atoms with E-state index in [1.807, 2.05) is 45.9 Å². The van der Waals surface area contributed by atoms with Gasteiger partial charge in [-0.2, -0.15) is 0 Å². The highest BCUT2D eigenvalue weighted by Crippen LogP contribution is 2.37. The lowest BCUT2D eigenvalue weighted by molar-refractivity contribution is 0.00578. The molecular formula is C16H26BNO3. The van der Waals surface area contributed by atoms with Crippen molar-refractivity contribution >= 4 is 18.3 Å². The van der Waals surface area contributed by atoms with Crippen LogP contribution in [-0.2, 0) is 9.31 Å². The van der Waals surface area contributed by atoms with E-state index in [1.165, 1.54) is 0 Å². The van der Waals surface area contributed by atoms with Gasteiger partial charge in [-0.05, 0) is 39.7 Å². The molecule has 0 aromatic heterocycles. The number of ether oxygens (including phenoxy) is 1. The van der Waals surface area contributed by atoms with E-state index in [1.54, 1.807) is 0 Å². The molecule has 1 aromatic carbocycles. The molecule has 0 aliphatic carbocycles. The Morgan fingerprint density at radius 2 is 1.71 bits per heavy atom. The fourth-order valence-electron chi connectivity index (χ4n) is 2.15. The van der Waals surface area contributed by atoms with Crippen LogP contribution in [-0.4, -0.2) is 24.9 Å². The van der Waals surface area contributed by atoms with Crippen molar-refractivity contribution in [2.24, 2.45) is 5.92 Å². The van der Waals surface area contributed by atoms with Gasteiger partial charge in [-0.15, -0.1) is 0 Å². The fourth-order valence-corrected chi connectivity index (χ4v) is 2.15. The molecule has 1 aliphatic rings. The lowest BCUT2D eigenvalue weighted by Gasteiger charge is -2.32. The quantitative estimate of drug-likeness (QED) is 0.684. The Kier molecular flexibility index (Phi) is 4.27. The number of nitrogens with two attached hydrogens (primary N) is 1. The lowest BCUT2D eigenvalue weighted by atomic mass is 9.78. The second-order valence-corrected chi connectivity index (χ2v) is 7.06. The van der Waals surface area contributed by atoms with Crippen molar-refractivity contribution in [1.29, 1.82) is 0 Å². The summed E-state index contributed by atoms with van der Waals surface area (Å²) in [6, 6.07) is 5.69. The maximum absolute atomic E-state index is 6.09. The highest BCUT2D eigenvalue weighted by Gasteiger charge is 2.52. The van der Waals surface area contributed by atoms with Gasteiger partial charge in [0.15, 0.2) is 0 Å². The maximum Gasteiger partial charge on any atom is 0.498 e. The van der Waals surface area contributed by atoms with E-state index in [-0.39, 0.29) is 11.2 Å². The minimum Gasteiger partial charge on any atom is -0.492 e. The Morgan fingerprint density at radius 1 is 1.14 bits per heavy atom. The van der Waals surface area contributed by atoms with E-state index in [4.69, 9.17) is 19.8 Å². The van der Waals surface area contributed by atoms with Gasteiger partial charge in [-0.3, -0.25) is 0 Å². The van der Waals surface area contributed by atoms with E-state index in [2.05, 4.69) is 13.8 Å². The molecule has 0 atom stereocenters. The van der Waals surface area contributed by atoms with Crippen molar-refractivity contribution < 1.29 is 14.0 Å². The molecule has 1 aliphatic heterocycles. The molecule has 116 valence electrons. The third-order valence-electron chi connectivity index (χ3n) is 4.14. The summed E-state index contributed by atoms with van der Waals surface area (Å²) in [4.78, 5) is 0. The van der Waals surface area contributed by atoms with Gasteiger partial charge in [0.25, 0.3) is 0 Å². The van der Waals surface area contributed by atoms with E-state index in [0.717, 1.165) is 5.46 Å². The van der Waals surface area contributed by atoms with Crippen molar-refractivity contribution in [2.45, 2.75) is 52.7 Å². The Bertz CT molecular complexity index is 498. The molecule has 2 rings (SSSR count). The minimum absolute atomic E-state index is 0.377. The number of nitrogen functional groups attached to an aromatic ring is 1. The van der Waals surface area contributed by atoms with Crippen molar-refractivity contribution in [3.05, 3.63) is 18.2 Å². The first-order valence-electron chi connectivity index (χ1n) is 7.51. The monoisotopic (exact) mass is 291 g/mol. The average molecular weight is 291 g/mol. The lowest BCUT2D eigenvalue weighted by Crippen LogP contribution is -2.41. The van der Waals surface area contributed by atoms with E-state index < -0.39 is 7.12 Å². The average Bonchev–Trinajstić information content (AvgIpc) is 2.56. The topological polar surface area (TPSA) is 53.7 Å². The van der Waals surface area contributed by atoms with Crippen molar-refractivity contribution in [3.8, 4) is 5.75 Å². The molecule has 1 fully saturated rings. The van der Waals surface area contributed by atoms with Crippen LogP contribution in [0.5, 0.6) is 5.75 Å². The Morgan fingerprint density at radius 3 is 2.24 bits per heavy atom. The zero-order chi connectivity index (χ0) is 15.8. The minimum atomic E-state index is -0.458. The van der Waals surface area contributed by atoms with Crippen LogP contribution in [0.1, 0.15) is 41.5 Å². The van der Waals surface area contributed by atoms with Crippen LogP contribution in [0.25, 0.3) is 0 Å². The smallest absolute Gasteiger partial charge is 0.492 e. The van der Waals surface area contributed by atoms with E-state index in [9.17, 15) is 0 Å². The molecule has 0 amide bonds. The van der Waals surface area contributed by atoms with Crippen LogP contribution in [0, 0.1) is 5.92 Å². The highest BCUT2D eigenvalue weighted by atomic mass is 16.7. The Labute approximate surface area is 128 Å². The predicted octanol–water partition coefficient (Wildman–Crippen LogP) is 2.60. The first-order chi connectivity index (χ1) is 9.64. The summed E-state index contributed by atoms with van der Waals surface area (Å²) in [6.45, 7) is 13.0. The summed E-state index contributed by atoms with van der Waals surface area (Å²) >= 11 is 0. The zero-order valence-electron chi connectivity index (χ0n) is 13.9. The van der Waals surface area contributed by atoms with Gasteiger partial charge < -0.3 is 19.8 Å². The molecule has 0 unspecified atom stereocenters. The van der Waals surface area contributed by atoms with Crippen LogP contribution in [0.3, 0.4) is 0 Å². The largest absolute Gasteiger partial charge is 0.498 e. The molecule has 0 saturated carbocycles. The van der Waals surface area contributed by atoms with Crippen LogP contribution in [0.2, 0.25) is 0 Å². The molecule has 1 saturated heterocycles. The van der Waals surface area contributed by atoms with Gasteiger partial charge in [-0.1, -0.05) is 26.0 Å². The number of rotatable bonds is 4. The third-order valence-corrected chi connectivity index (χ3v) is 4.14. The molecule has 0 radical (unpaired) electrons. The standard InChI is InChI=1S/C16H26BNO3/c1-11(2)10-19-14-12(8-7-9-13(14)18)17-20-15(3,4)16(5,6)21-17/h7-9,11H,10,18H2,1-6H3. The van der Waals surface area contributed by atoms with Crippen molar-refractivity contribution in [3.63, 3.8) is 0 Å². The molecule has 2 N–H and O–H groups in total. The second kappa shape index (κ2) is 5.54. The first kappa shape index (κ1) is 16.2. The second-order valence-electron chi connectivity index (χ2n) is 7.06. The Balaban J connectivity index is 2.31. The molecule has 4 nitrogen and oxygen atoms in total. The number of para-hydroxylation sites is 1. The van der Waals surface area contributed by atoms with Gasteiger partial charge in [0.2, 0.25) is 0 Å². The summed E-state index contributed by atoms with van der Waals surface area (Å²) in [5.74, 6) is 1.10. The molecule has 0 bridgehead atoms. The first-order valence-corrected chi connectivity index (χ1v) is 7.51. The molecule has 1 aromatic rings. The van der Waals surface area contributed by atoms with E-state index >= 15 is 0 Å². The summed E-state index contributed by atoms with van der Waals surface area (Å²) in [7, 11) is -0.458. The fraction of sp³-hybridized carbons (Fsp3) is 0.625. The van der Waals surface area contributed by atoms with Crippen molar-refractivity contribution in [1.82, 2.24) is 0 Å².